The number of ether oxygens (including phenoxy) is 1. The molecule has 9 heteroatoms. The maximum Gasteiger partial charge on any atom is 0.242 e. The number of carbonyl (C=O) groups is 1. The van der Waals surface area contributed by atoms with Gasteiger partial charge in [-0.1, -0.05) is 12.8 Å². The summed E-state index contributed by atoms with van der Waals surface area (Å²) in [6, 6.07) is 2.35. The van der Waals surface area contributed by atoms with Crippen molar-refractivity contribution in [2.75, 3.05) is 7.11 Å². The zero-order chi connectivity index (χ0) is 20.1. The van der Waals surface area contributed by atoms with Crippen LogP contribution in [0.15, 0.2) is 26.0 Å². The quantitative estimate of drug-likeness (QED) is 0.557. The Kier molecular flexibility index (Phi) is 5.57. The third-order valence-electron chi connectivity index (χ3n) is 6.36. The Balaban J connectivity index is 1.59. The second-order valence-corrected chi connectivity index (χ2v) is 11.7. The highest BCUT2D eigenvalue weighted by atomic mass is 79.9. The molecule has 0 aromatic heterocycles. The normalized spacial score (nSPS) is 27.6. The number of amides is 1. The molecule has 0 unspecified atom stereocenters. The van der Waals surface area contributed by atoms with E-state index in [2.05, 4.69) is 41.9 Å². The van der Waals surface area contributed by atoms with Crippen LogP contribution in [0.3, 0.4) is 0 Å². The molecule has 4 aliphatic rings. The maximum absolute atomic E-state index is 13.2. The lowest BCUT2D eigenvalue weighted by atomic mass is 9.50. The van der Waals surface area contributed by atoms with Gasteiger partial charge in [0, 0.05) is 16.1 Å². The van der Waals surface area contributed by atoms with Crippen molar-refractivity contribution in [3.63, 3.8) is 0 Å². The first-order chi connectivity index (χ1) is 13.2. The predicted octanol–water partition coefficient (Wildman–Crippen LogP) is 3.73. The van der Waals surface area contributed by atoms with Crippen LogP contribution in [-0.4, -0.2) is 33.0 Å². The van der Waals surface area contributed by atoms with E-state index in [1.807, 2.05) is 0 Å². The molecule has 2 N–H and O–H groups in total. The number of halogens is 2. The van der Waals surface area contributed by atoms with E-state index in [1.165, 1.54) is 13.2 Å². The lowest BCUT2D eigenvalue weighted by Crippen LogP contribution is -2.70. The van der Waals surface area contributed by atoms with Crippen molar-refractivity contribution in [1.29, 1.82) is 0 Å². The van der Waals surface area contributed by atoms with Gasteiger partial charge in [-0.2, -0.15) is 4.72 Å². The molecule has 154 valence electrons. The van der Waals surface area contributed by atoms with Crippen LogP contribution in [-0.2, 0) is 14.8 Å². The van der Waals surface area contributed by atoms with Crippen molar-refractivity contribution in [2.45, 2.75) is 61.4 Å². The second-order valence-electron chi connectivity index (χ2n) is 8.31. The van der Waals surface area contributed by atoms with Crippen molar-refractivity contribution >= 4 is 47.8 Å². The molecule has 0 spiro atoms. The van der Waals surface area contributed by atoms with Crippen LogP contribution < -0.4 is 14.8 Å². The lowest BCUT2D eigenvalue weighted by Gasteiger charge is -2.62. The third kappa shape index (κ3) is 3.75. The molecule has 4 saturated carbocycles. The fraction of sp³-hybridized carbons (Fsp3) is 0.632. The molecular weight excluding hydrogens is 512 g/mol. The Morgan fingerprint density at radius 1 is 1.18 bits per heavy atom. The van der Waals surface area contributed by atoms with Crippen LogP contribution >= 0.6 is 31.9 Å². The van der Waals surface area contributed by atoms with E-state index in [9.17, 15) is 13.2 Å². The molecule has 4 aliphatic carbocycles. The van der Waals surface area contributed by atoms with E-state index in [4.69, 9.17) is 4.74 Å². The highest BCUT2D eigenvalue weighted by Gasteiger charge is 2.58. The number of benzene rings is 1. The highest BCUT2D eigenvalue weighted by Crippen LogP contribution is 2.57. The highest BCUT2D eigenvalue weighted by molar-refractivity contribution is 9.11. The van der Waals surface area contributed by atoms with Gasteiger partial charge in [-0.15, -0.1) is 0 Å². The predicted molar refractivity (Wildman–Crippen MR) is 113 cm³/mol. The number of methoxy groups -OCH3 is 1. The molecule has 1 amide bonds. The van der Waals surface area contributed by atoms with Crippen LogP contribution in [0, 0.1) is 11.8 Å². The summed E-state index contributed by atoms with van der Waals surface area (Å²) in [5.74, 6) is 1.000. The molecule has 0 aliphatic heterocycles. The van der Waals surface area contributed by atoms with E-state index in [-0.39, 0.29) is 22.3 Å². The monoisotopic (exact) mass is 534 g/mol. The average molecular weight is 536 g/mol. The number of rotatable bonds is 7. The number of carbonyl (C=O) groups excluding carboxylic acids is 1. The molecular formula is C19H24Br2N2O4S. The molecule has 4 fully saturated rings. The minimum atomic E-state index is -3.91. The van der Waals surface area contributed by atoms with E-state index in [0.29, 0.717) is 14.7 Å². The van der Waals surface area contributed by atoms with Crippen LogP contribution in [0.5, 0.6) is 5.75 Å². The van der Waals surface area contributed by atoms with Gasteiger partial charge in [-0.05, 0) is 81.9 Å². The van der Waals surface area contributed by atoms with Gasteiger partial charge < -0.3 is 10.1 Å². The zero-order valence-corrected chi connectivity index (χ0v) is 19.6. The Morgan fingerprint density at radius 3 is 2.36 bits per heavy atom. The average Bonchev–Trinajstić information content (AvgIpc) is 3.09. The van der Waals surface area contributed by atoms with Gasteiger partial charge in [0.1, 0.15) is 11.8 Å². The Bertz CT molecular complexity index is 882. The molecule has 2 bridgehead atoms. The summed E-state index contributed by atoms with van der Waals surface area (Å²) in [6.45, 7) is 0. The minimum absolute atomic E-state index is 0.0262. The number of sulfonamides is 1. The second kappa shape index (κ2) is 7.56. The van der Waals surface area contributed by atoms with Gasteiger partial charge in [0.15, 0.2) is 0 Å². The van der Waals surface area contributed by atoms with Crippen molar-refractivity contribution < 1.29 is 17.9 Å². The number of hydrogen-bond donors (Lipinski definition) is 2. The van der Waals surface area contributed by atoms with Crippen LogP contribution in [0.2, 0.25) is 0 Å². The molecule has 1 atom stereocenters. The lowest BCUT2D eigenvalue weighted by molar-refractivity contribution is -0.135. The van der Waals surface area contributed by atoms with Gasteiger partial charge in [0.25, 0.3) is 0 Å². The number of nitrogens with one attached hydrogen (secondary N) is 2. The van der Waals surface area contributed by atoms with Crippen molar-refractivity contribution in [1.82, 2.24) is 10.0 Å². The van der Waals surface area contributed by atoms with Gasteiger partial charge in [-0.3, -0.25) is 4.79 Å². The fourth-order valence-electron chi connectivity index (χ4n) is 4.73. The Morgan fingerprint density at radius 2 is 1.82 bits per heavy atom. The summed E-state index contributed by atoms with van der Waals surface area (Å²) in [6.07, 6.45) is 6.86. The molecule has 1 aromatic rings. The van der Waals surface area contributed by atoms with Crippen molar-refractivity contribution in [3.05, 3.63) is 21.1 Å². The summed E-state index contributed by atoms with van der Waals surface area (Å²) < 4.78 is 35.4. The largest absolute Gasteiger partial charge is 0.496 e. The minimum Gasteiger partial charge on any atom is -0.496 e. The third-order valence-corrected chi connectivity index (χ3v) is 9.38. The van der Waals surface area contributed by atoms with Crippen molar-refractivity contribution in [2.24, 2.45) is 11.8 Å². The summed E-state index contributed by atoms with van der Waals surface area (Å²) in [5.41, 5.74) is -0.0779. The maximum atomic E-state index is 13.2. The standard InChI is InChI=1S/C19H24Br2N2O4S/c1-27-15-7-16(14(21)6-13(15)20)28(25,26)23-17(12-4-2-3-5-12)18(24)22-19-8-11(9-19)10-19/h6-7,11-12,17,23H,2-5,8-10H2,1H3,(H,22,24)/t11?,17-,19?/m1/s1. The first-order valence-corrected chi connectivity index (χ1v) is 12.7. The first-order valence-electron chi connectivity index (χ1n) is 9.60. The van der Waals surface area contributed by atoms with Gasteiger partial charge in [0.05, 0.1) is 16.5 Å². The first kappa shape index (κ1) is 20.6. The smallest absolute Gasteiger partial charge is 0.242 e. The zero-order valence-electron chi connectivity index (χ0n) is 15.6. The van der Waals surface area contributed by atoms with E-state index in [1.54, 1.807) is 6.07 Å². The van der Waals surface area contributed by atoms with Gasteiger partial charge >= 0.3 is 0 Å². The summed E-state index contributed by atoms with van der Waals surface area (Å²) >= 11 is 6.68. The molecule has 28 heavy (non-hydrogen) atoms. The van der Waals surface area contributed by atoms with E-state index < -0.39 is 16.1 Å². The topological polar surface area (TPSA) is 84.5 Å². The SMILES string of the molecule is COc1cc(S(=O)(=O)N[C@@H](C(=O)NC23CC(C2)C3)C2CCCC2)c(Br)cc1Br. The van der Waals surface area contributed by atoms with E-state index in [0.717, 1.165) is 50.9 Å². The fourth-order valence-corrected chi connectivity index (χ4v) is 7.86. The Labute approximate surface area is 182 Å². The molecule has 1 aromatic carbocycles. The van der Waals surface area contributed by atoms with Gasteiger partial charge in [0.2, 0.25) is 15.9 Å². The summed E-state index contributed by atoms with van der Waals surface area (Å²) in [5, 5.41) is 3.15. The van der Waals surface area contributed by atoms with E-state index >= 15 is 0 Å². The van der Waals surface area contributed by atoms with Crippen molar-refractivity contribution in [3.8, 4) is 5.75 Å². The van der Waals surface area contributed by atoms with Crippen LogP contribution in [0.4, 0.5) is 0 Å². The summed E-state index contributed by atoms with van der Waals surface area (Å²) in [4.78, 5) is 13.1. The van der Waals surface area contributed by atoms with Gasteiger partial charge in [-0.25, -0.2) is 8.42 Å². The molecule has 0 heterocycles. The Hall–Kier alpha value is -0.640. The molecule has 6 nitrogen and oxygen atoms in total. The van der Waals surface area contributed by atoms with Crippen LogP contribution in [0.1, 0.15) is 44.9 Å². The molecule has 5 rings (SSSR count). The summed E-state index contributed by atoms with van der Waals surface area (Å²) in [7, 11) is -2.43. The van der Waals surface area contributed by atoms with Crippen LogP contribution in [0.25, 0.3) is 0 Å². The molecule has 0 saturated heterocycles. The number of hydrogen-bond acceptors (Lipinski definition) is 4. The molecule has 0 radical (unpaired) electrons.